The first-order valence-electron chi connectivity index (χ1n) is 38.2. The van der Waals surface area contributed by atoms with Gasteiger partial charge in [0.1, 0.15) is 37.1 Å². The van der Waals surface area contributed by atoms with Crippen molar-refractivity contribution in [3.63, 3.8) is 0 Å². The van der Waals surface area contributed by atoms with Crippen LogP contribution in [0.25, 0.3) is 32.3 Å². The van der Waals surface area contributed by atoms with Crippen LogP contribution in [-0.4, -0.2) is 19.8 Å². The number of hydrogen-bond acceptors (Lipinski definition) is 4. The molecule has 0 heterocycles. The Labute approximate surface area is 640 Å². The molecular weight excluding hydrogens is 1320 g/mol. The predicted octanol–water partition coefficient (Wildman–Crippen LogP) is 23.3. The highest BCUT2D eigenvalue weighted by Crippen LogP contribution is 2.55. The molecule has 0 fully saturated rings. The number of benzene rings is 15. The first-order valence-corrected chi connectivity index (χ1v) is 38.2. The average molecular weight is 1400 g/mol. The molecule has 109 heavy (non-hydrogen) atoms. The van der Waals surface area contributed by atoms with Crippen molar-refractivity contribution in [2.45, 2.75) is 75.5 Å². The van der Waals surface area contributed by atoms with Crippen LogP contribution < -0.4 is 19.1 Å². The molecule has 0 radical (unpaired) electrons. The molecule has 15 aromatic rings. The first kappa shape index (κ1) is 67.8. The van der Waals surface area contributed by atoms with E-state index in [1.54, 1.807) is 0 Å². The standard InChI is InChI=1S/C105H81NO3/c1-4-7-64-107-94-61-43-79-67-88(46-40-82(79)70-94)103(97-28-16-10-22-73(97)34-35-74-23-11-17-29-98(74)103)85-49-55-91(56-50-85)106(92-57-51-86(52-58-92)104(89-47-41-83-71-95(108-65-8-5-2)62-44-80(83)68-89)99-30-18-12-24-75(99)36-37-76-25-13-19-31-100(76)104)93-59-53-87(54-60-93)105(90-48-42-84-72-96(109-66-9-6-3)63-45-81(84)69-90)101-32-20-14-26-77(101)38-39-78-27-15-21-33-102(78)105/h10-33,40-63,67-72H,34-39,64-66H2,1-3H3. The summed E-state index contributed by atoms with van der Waals surface area (Å²) in [6.45, 7) is 6.57. The van der Waals surface area contributed by atoms with E-state index in [2.05, 4.69) is 368 Å². The molecule has 0 bridgehead atoms. The van der Waals surface area contributed by atoms with E-state index in [0.29, 0.717) is 19.8 Å². The summed E-state index contributed by atoms with van der Waals surface area (Å²) in [5.41, 5.74) is 24.1. The van der Waals surface area contributed by atoms with Gasteiger partial charge in [0, 0.05) is 17.1 Å². The second kappa shape index (κ2) is 29.0. The number of aryl methyl sites for hydroxylation is 6. The third kappa shape index (κ3) is 11.9. The van der Waals surface area contributed by atoms with E-state index in [-0.39, 0.29) is 0 Å². The van der Waals surface area contributed by atoms with Gasteiger partial charge >= 0.3 is 0 Å². The molecule has 0 saturated carbocycles. The normalized spacial score (nSPS) is 13.9. The summed E-state index contributed by atoms with van der Waals surface area (Å²) in [4.78, 5) is 2.48. The summed E-state index contributed by atoms with van der Waals surface area (Å²) in [6.07, 6.45) is 5.57. The molecule has 18 rings (SSSR count). The molecular formula is C105H81NO3. The van der Waals surface area contributed by atoms with E-state index in [1.807, 2.05) is 20.8 Å². The van der Waals surface area contributed by atoms with Crippen LogP contribution in [0.2, 0.25) is 0 Å². The van der Waals surface area contributed by atoms with Crippen LogP contribution in [0.3, 0.4) is 0 Å². The Kier molecular flexibility index (Phi) is 18.1. The Bertz CT molecular complexity index is 5460. The molecule has 4 heteroatoms. The minimum absolute atomic E-state index is 0.345. The van der Waals surface area contributed by atoms with Crippen LogP contribution in [0.1, 0.15) is 121 Å². The lowest BCUT2D eigenvalue weighted by molar-refractivity contribution is 0.370. The van der Waals surface area contributed by atoms with E-state index in [1.165, 1.54) is 100 Å². The minimum Gasteiger partial charge on any atom is -0.481 e. The van der Waals surface area contributed by atoms with Crippen LogP contribution in [-0.2, 0) is 54.8 Å². The smallest absolute Gasteiger partial charge is 0.149 e. The van der Waals surface area contributed by atoms with Gasteiger partial charge in [-0.3, -0.25) is 0 Å². The highest BCUT2D eigenvalue weighted by Gasteiger charge is 2.46. The van der Waals surface area contributed by atoms with Gasteiger partial charge in [0.25, 0.3) is 0 Å². The number of fused-ring (bicyclic) bond motifs is 9. The Morgan fingerprint density at radius 2 is 0.450 bits per heavy atom. The van der Waals surface area contributed by atoms with E-state index >= 15 is 0 Å². The number of nitrogens with zero attached hydrogens (tertiary/aromatic N) is 1. The second-order valence-corrected chi connectivity index (χ2v) is 29.0. The highest BCUT2D eigenvalue weighted by atomic mass is 16.5. The quantitative estimate of drug-likeness (QED) is 0.0957. The average Bonchev–Trinajstić information content (AvgIpc) is 1.71. The fourth-order valence-corrected chi connectivity index (χ4v) is 18.5. The van der Waals surface area contributed by atoms with Crippen molar-refractivity contribution in [1.82, 2.24) is 0 Å². The minimum atomic E-state index is -0.693. The topological polar surface area (TPSA) is 30.9 Å². The molecule has 0 amide bonds. The van der Waals surface area contributed by atoms with E-state index in [9.17, 15) is 0 Å². The van der Waals surface area contributed by atoms with Gasteiger partial charge in [-0.25, -0.2) is 0 Å². The van der Waals surface area contributed by atoms with Gasteiger partial charge in [-0.1, -0.05) is 254 Å². The number of ether oxygens (including phenoxy) is 3. The molecule has 0 atom stereocenters. The van der Waals surface area contributed by atoms with E-state index in [0.717, 1.165) is 105 Å². The molecule has 4 nitrogen and oxygen atoms in total. The molecule has 0 aromatic heterocycles. The lowest BCUT2D eigenvalue weighted by Gasteiger charge is -2.39. The highest BCUT2D eigenvalue weighted by molar-refractivity contribution is 5.89. The van der Waals surface area contributed by atoms with E-state index < -0.39 is 16.2 Å². The lowest BCUT2D eigenvalue weighted by atomic mass is 9.63. The van der Waals surface area contributed by atoms with Crippen molar-refractivity contribution in [1.29, 1.82) is 0 Å². The molecule has 0 aliphatic heterocycles. The van der Waals surface area contributed by atoms with Gasteiger partial charge in [-0.2, -0.15) is 0 Å². The number of anilines is 3. The third-order valence-electron chi connectivity index (χ3n) is 23.4. The predicted molar refractivity (Wildman–Crippen MR) is 448 cm³/mol. The maximum absolute atomic E-state index is 6.13. The molecule has 15 aromatic carbocycles. The lowest BCUT2D eigenvalue weighted by Crippen LogP contribution is -2.32. The Hall–Kier alpha value is -13.0. The summed E-state index contributed by atoms with van der Waals surface area (Å²) in [5.74, 6) is 20.5. The van der Waals surface area contributed by atoms with Gasteiger partial charge in [0.05, 0.1) is 16.2 Å². The molecule has 3 aliphatic rings. The van der Waals surface area contributed by atoms with Crippen molar-refractivity contribution in [2.24, 2.45) is 0 Å². The maximum atomic E-state index is 6.13. The largest absolute Gasteiger partial charge is 0.481 e. The van der Waals surface area contributed by atoms with Crippen molar-refractivity contribution in [2.75, 3.05) is 24.7 Å². The summed E-state index contributed by atoms with van der Waals surface area (Å²) >= 11 is 0. The Morgan fingerprint density at radius 3 is 0.688 bits per heavy atom. The third-order valence-corrected chi connectivity index (χ3v) is 23.4. The molecule has 0 unspecified atom stereocenters. The Balaban J connectivity index is 0.843. The maximum Gasteiger partial charge on any atom is 0.149 e. The summed E-state index contributed by atoms with van der Waals surface area (Å²) < 4.78 is 18.4. The van der Waals surface area contributed by atoms with Crippen molar-refractivity contribution < 1.29 is 14.2 Å². The van der Waals surface area contributed by atoms with Crippen LogP contribution in [0.4, 0.5) is 17.1 Å². The monoisotopic (exact) mass is 1400 g/mol. The zero-order valence-electron chi connectivity index (χ0n) is 61.7. The van der Waals surface area contributed by atoms with Crippen LogP contribution in [0.5, 0.6) is 17.2 Å². The van der Waals surface area contributed by atoms with Gasteiger partial charge < -0.3 is 19.1 Å². The van der Waals surface area contributed by atoms with Crippen LogP contribution in [0.15, 0.2) is 328 Å². The molecule has 0 spiro atoms. The van der Waals surface area contributed by atoms with Gasteiger partial charge in [-0.15, -0.1) is 17.8 Å². The van der Waals surface area contributed by atoms with E-state index in [4.69, 9.17) is 14.2 Å². The van der Waals surface area contributed by atoms with Crippen molar-refractivity contribution in [3.05, 3.63) is 428 Å². The number of hydrogen-bond donors (Lipinski definition) is 0. The van der Waals surface area contributed by atoms with Gasteiger partial charge in [0.2, 0.25) is 0 Å². The number of rotatable bonds is 15. The SMILES string of the molecule is CC#CCOc1ccc2cc(C3(c4ccc(N(c5ccc(C6(c7ccc8cc(OCC#CC)ccc8c7)c7ccccc7CCc7ccccc76)cc5)c5ccc(C6(c7ccc8cc(OCC#CC)ccc8c7)c7ccccc7CCc7ccccc76)cc5)cc4)c4ccccc4CCc4ccccc43)ccc2c1. The molecule has 0 saturated heterocycles. The summed E-state index contributed by atoms with van der Waals surface area (Å²) in [7, 11) is 0. The van der Waals surface area contributed by atoms with Crippen molar-refractivity contribution >= 4 is 49.4 Å². The molecule has 524 valence electrons. The van der Waals surface area contributed by atoms with Crippen LogP contribution >= 0.6 is 0 Å². The second-order valence-electron chi connectivity index (χ2n) is 29.0. The summed E-state index contributed by atoms with van der Waals surface area (Å²) in [6, 6.07) is 124. The first-order chi connectivity index (χ1) is 53.9. The molecule has 3 aliphatic carbocycles. The molecule has 0 N–H and O–H groups in total. The van der Waals surface area contributed by atoms with Gasteiger partial charge in [0.15, 0.2) is 0 Å². The fraction of sp³-hybridized carbons (Fsp3) is 0.143. The van der Waals surface area contributed by atoms with Crippen molar-refractivity contribution in [3.8, 4) is 52.8 Å². The van der Waals surface area contributed by atoms with Crippen LogP contribution in [0, 0.1) is 35.5 Å². The fourth-order valence-electron chi connectivity index (χ4n) is 18.5. The zero-order valence-corrected chi connectivity index (χ0v) is 61.7. The Morgan fingerprint density at radius 1 is 0.239 bits per heavy atom. The van der Waals surface area contributed by atoms with Gasteiger partial charge in [-0.05, 0) is 283 Å². The zero-order chi connectivity index (χ0) is 73.3. The summed E-state index contributed by atoms with van der Waals surface area (Å²) in [5, 5.41) is 6.78.